The van der Waals surface area contributed by atoms with Gasteiger partial charge in [0.25, 0.3) is 0 Å². The Balaban J connectivity index is 1.70. The Morgan fingerprint density at radius 2 is 2.00 bits per heavy atom. The predicted molar refractivity (Wildman–Crippen MR) is 113 cm³/mol. The van der Waals surface area contributed by atoms with Crippen molar-refractivity contribution < 1.29 is 22.7 Å². The van der Waals surface area contributed by atoms with Crippen molar-refractivity contribution >= 4 is 35.0 Å². The molecule has 1 N–H and O–H groups in total. The first-order valence-corrected chi connectivity index (χ1v) is 10.5. The minimum absolute atomic E-state index is 0.0105. The third-order valence-corrected chi connectivity index (χ3v) is 5.55. The SMILES string of the molecule is CCn1c(SCC(=O)Nc2ccc(Cl)c(C(F)(F)F)c2)nnc1-c1cccc(OC)c1. The summed E-state index contributed by atoms with van der Waals surface area (Å²) in [5.41, 5.74) is -0.185. The molecular weight excluding hydrogens is 453 g/mol. The molecule has 0 saturated heterocycles. The van der Waals surface area contributed by atoms with Crippen LogP contribution in [-0.4, -0.2) is 33.5 Å². The van der Waals surface area contributed by atoms with Gasteiger partial charge in [0.2, 0.25) is 5.91 Å². The van der Waals surface area contributed by atoms with E-state index in [-0.39, 0.29) is 11.4 Å². The number of hydrogen-bond acceptors (Lipinski definition) is 5. The van der Waals surface area contributed by atoms with Gasteiger partial charge in [-0.15, -0.1) is 10.2 Å². The van der Waals surface area contributed by atoms with Crippen LogP contribution in [0.15, 0.2) is 47.6 Å². The van der Waals surface area contributed by atoms with E-state index in [2.05, 4.69) is 15.5 Å². The first-order valence-electron chi connectivity index (χ1n) is 9.10. The standard InChI is InChI=1S/C20H18ClF3N4O2S/c1-3-28-18(12-5-4-6-14(9-12)30-2)26-27-19(28)31-11-17(29)25-13-7-8-16(21)15(10-13)20(22,23)24/h4-10H,3,11H2,1-2H3,(H,25,29). The van der Waals surface area contributed by atoms with Crippen LogP contribution in [0.2, 0.25) is 5.02 Å². The van der Waals surface area contributed by atoms with Crippen molar-refractivity contribution in [3.8, 4) is 17.1 Å². The Morgan fingerprint density at radius 1 is 1.23 bits per heavy atom. The minimum atomic E-state index is -4.61. The molecule has 3 rings (SSSR count). The van der Waals surface area contributed by atoms with Crippen molar-refractivity contribution in [2.24, 2.45) is 0 Å². The highest BCUT2D eigenvalue weighted by molar-refractivity contribution is 7.99. The summed E-state index contributed by atoms with van der Waals surface area (Å²) in [7, 11) is 1.57. The number of hydrogen-bond donors (Lipinski definition) is 1. The third-order valence-electron chi connectivity index (χ3n) is 4.25. The summed E-state index contributed by atoms with van der Waals surface area (Å²) in [4.78, 5) is 12.3. The summed E-state index contributed by atoms with van der Waals surface area (Å²) in [5, 5.41) is 10.9. The molecule has 0 aliphatic carbocycles. The maximum Gasteiger partial charge on any atom is 0.417 e. The van der Waals surface area contributed by atoms with Gasteiger partial charge in [-0.3, -0.25) is 4.79 Å². The number of ether oxygens (including phenoxy) is 1. The number of benzene rings is 2. The Hall–Kier alpha value is -2.72. The number of halogens is 4. The molecule has 0 spiro atoms. The third kappa shape index (κ3) is 5.50. The summed E-state index contributed by atoms with van der Waals surface area (Å²) in [6, 6.07) is 10.6. The van der Waals surface area contributed by atoms with E-state index in [1.54, 1.807) is 7.11 Å². The summed E-state index contributed by atoms with van der Waals surface area (Å²) < 4.78 is 46.0. The number of nitrogens with one attached hydrogen (secondary N) is 1. The lowest BCUT2D eigenvalue weighted by atomic mass is 10.2. The molecule has 0 unspecified atom stereocenters. The number of carbonyl (C=O) groups excluding carboxylic acids is 1. The molecule has 3 aromatic rings. The summed E-state index contributed by atoms with van der Waals surface area (Å²) in [6.07, 6.45) is -4.61. The van der Waals surface area contributed by atoms with Gasteiger partial charge < -0.3 is 14.6 Å². The fourth-order valence-corrected chi connectivity index (χ4v) is 3.83. The largest absolute Gasteiger partial charge is 0.497 e. The molecule has 1 aromatic heterocycles. The van der Waals surface area contributed by atoms with Gasteiger partial charge in [-0.05, 0) is 37.3 Å². The van der Waals surface area contributed by atoms with Crippen molar-refractivity contribution in [2.45, 2.75) is 24.8 Å². The molecule has 0 fully saturated rings. The molecule has 0 aliphatic heterocycles. The highest BCUT2D eigenvalue weighted by atomic mass is 35.5. The zero-order valence-electron chi connectivity index (χ0n) is 16.5. The average molecular weight is 471 g/mol. The van der Waals surface area contributed by atoms with E-state index in [9.17, 15) is 18.0 Å². The molecule has 0 saturated carbocycles. The van der Waals surface area contributed by atoms with Crippen molar-refractivity contribution in [2.75, 3.05) is 18.2 Å². The van der Waals surface area contributed by atoms with E-state index < -0.39 is 22.7 Å². The Bertz CT molecular complexity index is 1090. The number of nitrogens with zero attached hydrogens (tertiary/aromatic N) is 3. The monoisotopic (exact) mass is 470 g/mol. The number of aromatic nitrogens is 3. The lowest BCUT2D eigenvalue weighted by Crippen LogP contribution is -2.15. The molecule has 6 nitrogen and oxygen atoms in total. The van der Waals surface area contributed by atoms with Crippen LogP contribution in [0.1, 0.15) is 12.5 Å². The van der Waals surface area contributed by atoms with E-state index in [1.165, 1.54) is 6.07 Å². The van der Waals surface area contributed by atoms with Gasteiger partial charge in [0.15, 0.2) is 11.0 Å². The second-order valence-corrected chi connectivity index (χ2v) is 7.66. The van der Waals surface area contributed by atoms with E-state index in [1.807, 2.05) is 35.8 Å². The molecule has 1 heterocycles. The summed E-state index contributed by atoms with van der Waals surface area (Å²) >= 11 is 6.74. The van der Waals surface area contributed by atoms with Crippen LogP contribution in [-0.2, 0) is 17.5 Å². The number of rotatable bonds is 7. The Kier molecular flexibility index (Phi) is 7.11. The number of carbonyl (C=O) groups is 1. The highest BCUT2D eigenvalue weighted by Crippen LogP contribution is 2.36. The predicted octanol–water partition coefficient (Wildman–Crippen LogP) is 5.38. The maximum atomic E-state index is 13.0. The van der Waals surface area contributed by atoms with Crippen molar-refractivity contribution in [3.63, 3.8) is 0 Å². The van der Waals surface area contributed by atoms with Gasteiger partial charge >= 0.3 is 6.18 Å². The molecular formula is C20H18ClF3N4O2S. The minimum Gasteiger partial charge on any atom is -0.497 e. The fourth-order valence-electron chi connectivity index (χ4n) is 2.80. The number of alkyl halides is 3. The fraction of sp³-hybridized carbons (Fsp3) is 0.250. The Labute approximate surface area is 185 Å². The molecule has 31 heavy (non-hydrogen) atoms. The average Bonchev–Trinajstić information content (AvgIpc) is 3.16. The van der Waals surface area contributed by atoms with Crippen LogP contribution in [0.5, 0.6) is 5.75 Å². The normalized spacial score (nSPS) is 11.4. The number of methoxy groups -OCH3 is 1. The topological polar surface area (TPSA) is 69.0 Å². The molecule has 0 bridgehead atoms. The number of thioether (sulfide) groups is 1. The first kappa shape index (κ1) is 23.0. The molecule has 0 radical (unpaired) electrons. The smallest absolute Gasteiger partial charge is 0.417 e. The van der Waals surface area contributed by atoms with Gasteiger partial charge in [-0.1, -0.05) is 35.5 Å². The molecule has 0 atom stereocenters. The molecule has 0 aliphatic rings. The van der Waals surface area contributed by atoms with Crippen molar-refractivity contribution in [1.29, 1.82) is 0 Å². The van der Waals surface area contributed by atoms with E-state index in [0.717, 1.165) is 29.5 Å². The molecule has 2 aromatic carbocycles. The summed E-state index contributed by atoms with van der Waals surface area (Å²) in [5.74, 6) is 0.768. The van der Waals surface area contributed by atoms with Gasteiger partial charge in [0, 0.05) is 17.8 Å². The van der Waals surface area contributed by atoms with Crippen LogP contribution in [0.3, 0.4) is 0 Å². The Morgan fingerprint density at radius 3 is 2.68 bits per heavy atom. The zero-order valence-corrected chi connectivity index (χ0v) is 18.1. The van der Waals surface area contributed by atoms with E-state index >= 15 is 0 Å². The van der Waals surface area contributed by atoms with E-state index in [0.29, 0.717) is 23.3 Å². The van der Waals surface area contributed by atoms with Crippen LogP contribution in [0.25, 0.3) is 11.4 Å². The molecule has 11 heteroatoms. The van der Waals surface area contributed by atoms with Crippen molar-refractivity contribution in [1.82, 2.24) is 14.8 Å². The zero-order chi connectivity index (χ0) is 22.6. The quantitative estimate of drug-likeness (QED) is 0.470. The highest BCUT2D eigenvalue weighted by Gasteiger charge is 2.33. The lowest BCUT2D eigenvalue weighted by molar-refractivity contribution is -0.137. The first-order chi connectivity index (χ1) is 14.7. The van der Waals surface area contributed by atoms with Gasteiger partial charge in [0.05, 0.1) is 23.4 Å². The van der Waals surface area contributed by atoms with Gasteiger partial charge in [0.1, 0.15) is 5.75 Å². The second kappa shape index (κ2) is 9.61. The van der Waals surface area contributed by atoms with E-state index in [4.69, 9.17) is 16.3 Å². The van der Waals surface area contributed by atoms with Gasteiger partial charge in [-0.25, -0.2) is 0 Å². The number of anilines is 1. The second-order valence-electron chi connectivity index (χ2n) is 6.31. The van der Waals surface area contributed by atoms with Crippen LogP contribution >= 0.6 is 23.4 Å². The van der Waals surface area contributed by atoms with Crippen LogP contribution in [0.4, 0.5) is 18.9 Å². The summed E-state index contributed by atoms with van der Waals surface area (Å²) in [6.45, 7) is 2.49. The lowest BCUT2D eigenvalue weighted by Gasteiger charge is -2.12. The maximum absolute atomic E-state index is 13.0. The van der Waals surface area contributed by atoms with Crippen LogP contribution < -0.4 is 10.1 Å². The number of amides is 1. The van der Waals surface area contributed by atoms with Crippen LogP contribution in [0, 0.1) is 0 Å². The van der Waals surface area contributed by atoms with Gasteiger partial charge in [-0.2, -0.15) is 13.2 Å². The molecule has 1 amide bonds. The van der Waals surface area contributed by atoms with Crippen molar-refractivity contribution in [3.05, 3.63) is 53.1 Å². The molecule has 164 valence electrons.